The monoisotopic (exact) mass is 425 g/mol. The summed E-state index contributed by atoms with van der Waals surface area (Å²) in [6.07, 6.45) is 1.61. The molecule has 7 heteroatoms. The average molecular weight is 426 g/mol. The summed E-state index contributed by atoms with van der Waals surface area (Å²) in [7, 11) is 3.24. The number of carbonyl (C=O) groups is 1. The van der Waals surface area contributed by atoms with E-state index >= 15 is 0 Å². The SMILES string of the molecule is CCc1c(C)nc(SCC(=O)N2CCc3cc(OC)c(OC)cc3C2)c(C#N)c1C. The highest BCUT2D eigenvalue weighted by molar-refractivity contribution is 8.00. The van der Waals surface area contributed by atoms with E-state index in [-0.39, 0.29) is 11.7 Å². The van der Waals surface area contributed by atoms with E-state index in [0.717, 1.165) is 35.2 Å². The van der Waals surface area contributed by atoms with Gasteiger partial charge >= 0.3 is 0 Å². The molecule has 2 aromatic rings. The van der Waals surface area contributed by atoms with Crippen LogP contribution in [0.3, 0.4) is 0 Å². The molecular weight excluding hydrogens is 398 g/mol. The van der Waals surface area contributed by atoms with Crippen LogP contribution in [0.4, 0.5) is 0 Å². The van der Waals surface area contributed by atoms with Crippen molar-refractivity contribution in [2.75, 3.05) is 26.5 Å². The van der Waals surface area contributed by atoms with E-state index in [2.05, 4.69) is 18.0 Å². The molecule has 1 amide bonds. The molecule has 0 saturated heterocycles. The fraction of sp³-hybridized carbons (Fsp3) is 0.435. The highest BCUT2D eigenvalue weighted by Crippen LogP contribution is 2.34. The number of hydrogen-bond acceptors (Lipinski definition) is 6. The number of benzene rings is 1. The third kappa shape index (κ3) is 4.24. The summed E-state index contributed by atoms with van der Waals surface area (Å²) in [4.78, 5) is 19.4. The summed E-state index contributed by atoms with van der Waals surface area (Å²) in [6.45, 7) is 7.18. The zero-order valence-corrected chi connectivity index (χ0v) is 19.0. The number of hydrogen-bond donors (Lipinski definition) is 0. The van der Waals surface area contributed by atoms with E-state index in [1.165, 1.54) is 17.3 Å². The number of ether oxygens (including phenoxy) is 2. The third-order valence-electron chi connectivity index (χ3n) is 5.62. The second-order valence-electron chi connectivity index (χ2n) is 7.28. The Morgan fingerprint density at radius 3 is 2.50 bits per heavy atom. The highest BCUT2D eigenvalue weighted by Gasteiger charge is 2.24. The van der Waals surface area contributed by atoms with Crippen molar-refractivity contribution in [1.29, 1.82) is 5.26 Å². The number of aromatic nitrogens is 1. The van der Waals surface area contributed by atoms with Gasteiger partial charge in [-0.15, -0.1) is 0 Å². The van der Waals surface area contributed by atoms with E-state index in [0.29, 0.717) is 35.2 Å². The lowest BCUT2D eigenvalue weighted by atomic mass is 9.99. The lowest BCUT2D eigenvalue weighted by Crippen LogP contribution is -2.37. The van der Waals surface area contributed by atoms with E-state index in [9.17, 15) is 10.1 Å². The van der Waals surface area contributed by atoms with Crippen molar-refractivity contribution in [2.45, 2.75) is 45.2 Å². The Morgan fingerprint density at radius 1 is 1.23 bits per heavy atom. The van der Waals surface area contributed by atoms with E-state index in [1.54, 1.807) is 14.2 Å². The minimum atomic E-state index is 0.0426. The van der Waals surface area contributed by atoms with Gasteiger partial charge in [-0.2, -0.15) is 5.26 Å². The van der Waals surface area contributed by atoms with Crippen LogP contribution in [-0.4, -0.2) is 42.3 Å². The minimum absolute atomic E-state index is 0.0426. The van der Waals surface area contributed by atoms with Crippen LogP contribution in [0.5, 0.6) is 11.5 Å². The molecule has 0 radical (unpaired) electrons. The molecule has 0 unspecified atom stereocenters. The van der Waals surface area contributed by atoms with Crippen LogP contribution in [0, 0.1) is 25.2 Å². The van der Waals surface area contributed by atoms with Gasteiger partial charge in [-0.05, 0) is 61.1 Å². The Balaban J connectivity index is 1.74. The Morgan fingerprint density at radius 2 is 1.90 bits per heavy atom. The molecule has 0 bridgehead atoms. The standard InChI is InChI=1S/C23H27N3O3S/c1-6-18-14(2)19(11-24)23(25-15(18)3)30-13-22(27)26-8-7-16-9-20(28-4)21(29-5)10-17(16)12-26/h9-10H,6-8,12-13H2,1-5H3. The van der Waals surface area contributed by atoms with Crippen molar-refractivity contribution in [2.24, 2.45) is 0 Å². The van der Waals surface area contributed by atoms with Crippen molar-refractivity contribution < 1.29 is 14.3 Å². The summed E-state index contributed by atoms with van der Waals surface area (Å²) in [5, 5.41) is 10.2. The first-order valence-electron chi connectivity index (χ1n) is 9.97. The molecule has 3 rings (SSSR count). The van der Waals surface area contributed by atoms with Gasteiger partial charge in [0.25, 0.3) is 0 Å². The van der Waals surface area contributed by atoms with Gasteiger partial charge in [0.2, 0.25) is 5.91 Å². The Kier molecular flexibility index (Phi) is 6.88. The van der Waals surface area contributed by atoms with Gasteiger partial charge in [0.05, 0.1) is 25.5 Å². The average Bonchev–Trinajstić information content (AvgIpc) is 2.76. The maximum atomic E-state index is 12.9. The number of thioether (sulfide) groups is 1. The predicted molar refractivity (Wildman–Crippen MR) is 117 cm³/mol. The number of pyridine rings is 1. The molecule has 1 aromatic heterocycles. The zero-order chi connectivity index (χ0) is 21.8. The quantitative estimate of drug-likeness (QED) is 0.655. The van der Waals surface area contributed by atoms with Crippen molar-refractivity contribution in [3.05, 3.63) is 45.6 Å². The lowest BCUT2D eigenvalue weighted by Gasteiger charge is -2.29. The van der Waals surface area contributed by atoms with Crippen LogP contribution in [0.15, 0.2) is 17.2 Å². The predicted octanol–water partition coefficient (Wildman–Crippen LogP) is 3.83. The fourth-order valence-corrected chi connectivity index (χ4v) is 4.92. The summed E-state index contributed by atoms with van der Waals surface area (Å²) in [5.74, 6) is 1.68. The number of carbonyl (C=O) groups excluding carboxylic acids is 1. The number of nitrogens with zero attached hydrogens (tertiary/aromatic N) is 3. The molecule has 0 fully saturated rings. The maximum Gasteiger partial charge on any atom is 0.233 e. The van der Waals surface area contributed by atoms with Gasteiger partial charge in [-0.3, -0.25) is 4.79 Å². The largest absolute Gasteiger partial charge is 0.493 e. The number of fused-ring (bicyclic) bond motifs is 1. The van der Waals surface area contributed by atoms with Gasteiger partial charge in [-0.25, -0.2) is 4.98 Å². The van der Waals surface area contributed by atoms with Crippen LogP contribution in [-0.2, 0) is 24.2 Å². The van der Waals surface area contributed by atoms with Gasteiger partial charge in [0.1, 0.15) is 11.1 Å². The normalized spacial score (nSPS) is 12.9. The van der Waals surface area contributed by atoms with Crippen molar-refractivity contribution in [3.63, 3.8) is 0 Å². The molecule has 1 aliphatic rings. The molecule has 30 heavy (non-hydrogen) atoms. The topological polar surface area (TPSA) is 75.5 Å². The van der Waals surface area contributed by atoms with Crippen molar-refractivity contribution in [1.82, 2.24) is 9.88 Å². The molecule has 158 valence electrons. The van der Waals surface area contributed by atoms with Crippen LogP contribution in [0.1, 0.15) is 40.4 Å². The molecule has 0 atom stereocenters. The Hall–Kier alpha value is -2.72. The van der Waals surface area contributed by atoms with Gasteiger partial charge < -0.3 is 14.4 Å². The zero-order valence-electron chi connectivity index (χ0n) is 18.2. The molecule has 0 aliphatic carbocycles. The first-order valence-corrected chi connectivity index (χ1v) is 11.0. The Labute approximate surface area is 182 Å². The van der Waals surface area contributed by atoms with Crippen molar-refractivity contribution >= 4 is 17.7 Å². The number of nitriles is 1. The summed E-state index contributed by atoms with van der Waals surface area (Å²) >= 11 is 1.35. The van der Waals surface area contributed by atoms with E-state index in [4.69, 9.17) is 9.47 Å². The smallest absolute Gasteiger partial charge is 0.233 e. The van der Waals surface area contributed by atoms with E-state index < -0.39 is 0 Å². The molecular formula is C23H27N3O3S. The second-order valence-corrected chi connectivity index (χ2v) is 8.24. The van der Waals surface area contributed by atoms with Gasteiger partial charge in [-0.1, -0.05) is 18.7 Å². The first-order chi connectivity index (χ1) is 14.4. The summed E-state index contributed by atoms with van der Waals surface area (Å²) < 4.78 is 10.8. The van der Waals surface area contributed by atoms with Crippen LogP contribution in [0.2, 0.25) is 0 Å². The van der Waals surface area contributed by atoms with Gasteiger partial charge in [0, 0.05) is 18.8 Å². The maximum absolute atomic E-state index is 12.9. The molecule has 2 heterocycles. The molecule has 1 aliphatic heterocycles. The summed E-state index contributed by atoms with van der Waals surface area (Å²) in [6, 6.07) is 6.22. The molecule has 0 spiro atoms. The fourth-order valence-electron chi connectivity index (χ4n) is 3.93. The van der Waals surface area contributed by atoms with Crippen LogP contribution >= 0.6 is 11.8 Å². The third-order valence-corrected chi connectivity index (χ3v) is 6.58. The number of rotatable bonds is 6. The van der Waals surface area contributed by atoms with Crippen LogP contribution in [0.25, 0.3) is 0 Å². The van der Waals surface area contributed by atoms with Crippen molar-refractivity contribution in [3.8, 4) is 17.6 Å². The molecule has 0 N–H and O–H groups in total. The second kappa shape index (κ2) is 9.40. The summed E-state index contributed by atoms with van der Waals surface area (Å²) in [5.41, 5.74) is 5.84. The first kappa shape index (κ1) is 22.0. The minimum Gasteiger partial charge on any atom is -0.493 e. The van der Waals surface area contributed by atoms with Crippen LogP contribution < -0.4 is 9.47 Å². The molecule has 6 nitrogen and oxygen atoms in total. The lowest BCUT2D eigenvalue weighted by molar-refractivity contribution is -0.129. The van der Waals surface area contributed by atoms with Gasteiger partial charge in [0.15, 0.2) is 11.5 Å². The number of aryl methyl sites for hydroxylation is 1. The number of methoxy groups -OCH3 is 2. The van der Waals surface area contributed by atoms with E-state index in [1.807, 2.05) is 30.9 Å². The number of amides is 1. The molecule has 1 aromatic carbocycles. The molecule has 0 saturated carbocycles. The highest BCUT2D eigenvalue weighted by atomic mass is 32.2. The Bertz CT molecular complexity index is 1010.